The summed E-state index contributed by atoms with van der Waals surface area (Å²) in [7, 11) is 3.46. The molecule has 1 aromatic rings. The zero-order valence-corrected chi connectivity index (χ0v) is 10.6. The zero-order chi connectivity index (χ0) is 12.4. The summed E-state index contributed by atoms with van der Waals surface area (Å²) in [6.45, 7) is 3.79. The molecule has 1 fully saturated rings. The Kier molecular flexibility index (Phi) is 3.54. The average Bonchev–Trinajstić information content (AvgIpc) is 2.75. The Balaban J connectivity index is 2.21. The van der Waals surface area contributed by atoms with Crippen molar-refractivity contribution >= 4 is 11.4 Å². The Labute approximate surface area is 102 Å². The molecule has 2 atom stereocenters. The second-order valence-corrected chi connectivity index (χ2v) is 4.50. The second kappa shape index (κ2) is 4.94. The highest BCUT2D eigenvalue weighted by molar-refractivity contribution is 5.61. The molecule has 1 saturated heterocycles. The van der Waals surface area contributed by atoms with Crippen molar-refractivity contribution in [3.8, 4) is 0 Å². The van der Waals surface area contributed by atoms with Gasteiger partial charge in [0.15, 0.2) is 0 Å². The van der Waals surface area contributed by atoms with Crippen LogP contribution < -0.4 is 10.6 Å². The molecule has 0 amide bonds. The normalized spacial score (nSPS) is 24.3. The fourth-order valence-corrected chi connectivity index (χ4v) is 2.36. The van der Waals surface area contributed by atoms with Crippen molar-refractivity contribution in [1.29, 1.82) is 0 Å². The van der Waals surface area contributed by atoms with Gasteiger partial charge >= 0.3 is 0 Å². The number of ether oxygens (including phenoxy) is 2. The molecular weight excluding hydrogens is 216 g/mol. The number of rotatable bonds is 3. The minimum atomic E-state index is 0.126. The molecule has 0 aromatic heterocycles. The van der Waals surface area contributed by atoms with E-state index in [1.807, 2.05) is 18.2 Å². The van der Waals surface area contributed by atoms with E-state index in [2.05, 4.69) is 11.8 Å². The maximum atomic E-state index is 5.84. The summed E-state index contributed by atoms with van der Waals surface area (Å²) >= 11 is 0. The van der Waals surface area contributed by atoms with Crippen molar-refractivity contribution in [1.82, 2.24) is 0 Å². The Bertz CT molecular complexity index is 383. The van der Waals surface area contributed by atoms with E-state index in [1.54, 1.807) is 14.2 Å². The number of anilines is 2. The van der Waals surface area contributed by atoms with E-state index in [0.29, 0.717) is 0 Å². The molecule has 4 nitrogen and oxygen atoms in total. The molecule has 0 spiro atoms. The average molecular weight is 236 g/mol. The highest BCUT2D eigenvalue weighted by Gasteiger charge is 2.33. The number of hydrogen-bond donors (Lipinski definition) is 1. The summed E-state index contributed by atoms with van der Waals surface area (Å²) in [5.74, 6) is 0. The van der Waals surface area contributed by atoms with Crippen LogP contribution in [-0.4, -0.2) is 39.5 Å². The van der Waals surface area contributed by atoms with Crippen molar-refractivity contribution in [3.05, 3.63) is 23.8 Å². The number of hydrogen-bond acceptors (Lipinski definition) is 4. The fourth-order valence-electron chi connectivity index (χ4n) is 2.36. The van der Waals surface area contributed by atoms with Gasteiger partial charge in [-0.25, -0.2) is 0 Å². The first-order valence-electron chi connectivity index (χ1n) is 5.82. The molecule has 0 saturated carbocycles. The van der Waals surface area contributed by atoms with Crippen LogP contribution in [-0.2, 0) is 9.47 Å². The van der Waals surface area contributed by atoms with Crippen molar-refractivity contribution in [2.45, 2.75) is 19.1 Å². The van der Waals surface area contributed by atoms with Gasteiger partial charge in [0.1, 0.15) is 12.2 Å². The Hall–Kier alpha value is -1.26. The largest absolute Gasteiger partial charge is 0.399 e. The van der Waals surface area contributed by atoms with Gasteiger partial charge in [0.25, 0.3) is 0 Å². The summed E-state index contributed by atoms with van der Waals surface area (Å²) in [6.07, 6.45) is 0.252. The fraction of sp³-hybridized carbons (Fsp3) is 0.538. The van der Waals surface area contributed by atoms with Crippen LogP contribution in [0.2, 0.25) is 0 Å². The zero-order valence-electron chi connectivity index (χ0n) is 10.6. The highest BCUT2D eigenvalue weighted by atomic mass is 16.5. The number of nitrogens with zero attached hydrogens (tertiary/aromatic N) is 1. The van der Waals surface area contributed by atoms with Crippen LogP contribution in [0, 0.1) is 6.92 Å². The molecule has 0 aliphatic carbocycles. The van der Waals surface area contributed by atoms with Crippen molar-refractivity contribution in [2.75, 3.05) is 37.9 Å². The lowest BCUT2D eigenvalue weighted by atomic mass is 10.1. The van der Waals surface area contributed by atoms with Crippen LogP contribution in [0.5, 0.6) is 0 Å². The third kappa shape index (κ3) is 2.37. The molecule has 2 N–H and O–H groups in total. The molecule has 0 radical (unpaired) electrons. The van der Waals surface area contributed by atoms with Crippen LogP contribution in [0.3, 0.4) is 0 Å². The molecule has 1 aliphatic rings. The molecule has 17 heavy (non-hydrogen) atoms. The summed E-state index contributed by atoms with van der Waals surface area (Å²) in [5, 5.41) is 0. The van der Waals surface area contributed by atoms with Crippen LogP contribution in [0.4, 0.5) is 11.4 Å². The van der Waals surface area contributed by atoms with Gasteiger partial charge in [0.2, 0.25) is 0 Å². The van der Waals surface area contributed by atoms with Gasteiger partial charge in [-0.05, 0) is 24.6 Å². The molecular formula is C13H20N2O2. The van der Waals surface area contributed by atoms with Crippen molar-refractivity contribution in [3.63, 3.8) is 0 Å². The quantitative estimate of drug-likeness (QED) is 0.806. The Morgan fingerprint density at radius 1 is 1.18 bits per heavy atom. The lowest BCUT2D eigenvalue weighted by Crippen LogP contribution is -2.27. The van der Waals surface area contributed by atoms with Crippen molar-refractivity contribution in [2.24, 2.45) is 0 Å². The summed E-state index contributed by atoms with van der Waals surface area (Å²) < 4.78 is 10.9. The van der Waals surface area contributed by atoms with Gasteiger partial charge in [-0.1, -0.05) is 6.07 Å². The topological polar surface area (TPSA) is 47.7 Å². The molecule has 1 heterocycles. The molecule has 1 aliphatic heterocycles. The van der Waals surface area contributed by atoms with E-state index in [1.165, 1.54) is 11.3 Å². The standard InChI is InChI=1S/C13H20N2O2/c1-9-4-5-10(14)6-11(9)15-7-12(16-2)13(8-15)17-3/h4-6,12-13H,7-8,14H2,1-3H3. The monoisotopic (exact) mass is 236 g/mol. The number of benzene rings is 1. The predicted molar refractivity (Wildman–Crippen MR) is 69.4 cm³/mol. The first-order valence-corrected chi connectivity index (χ1v) is 5.82. The van der Waals surface area contributed by atoms with Gasteiger partial charge < -0.3 is 20.1 Å². The number of aryl methyl sites for hydroxylation is 1. The maximum absolute atomic E-state index is 5.84. The van der Waals surface area contributed by atoms with Gasteiger partial charge in [-0.3, -0.25) is 0 Å². The molecule has 1 aromatic carbocycles. The van der Waals surface area contributed by atoms with Gasteiger partial charge in [-0.2, -0.15) is 0 Å². The molecule has 94 valence electrons. The van der Waals surface area contributed by atoms with E-state index in [9.17, 15) is 0 Å². The molecule has 0 bridgehead atoms. The first kappa shape index (κ1) is 12.2. The predicted octanol–water partition coefficient (Wildman–Crippen LogP) is 1.43. The number of nitrogens with two attached hydrogens (primary N) is 1. The van der Waals surface area contributed by atoms with Crippen LogP contribution >= 0.6 is 0 Å². The van der Waals surface area contributed by atoms with Crippen molar-refractivity contribution < 1.29 is 9.47 Å². The third-order valence-corrected chi connectivity index (χ3v) is 3.39. The highest BCUT2D eigenvalue weighted by Crippen LogP contribution is 2.28. The van der Waals surface area contributed by atoms with Crippen LogP contribution in [0.25, 0.3) is 0 Å². The molecule has 2 unspecified atom stereocenters. The molecule has 4 heteroatoms. The lowest BCUT2D eigenvalue weighted by Gasteiger charge is -2.20. The summed E-state index contributed by atoms with van der Waals surface area (Å²) in [6, 6.07) is 5.99. The number of methoxy groups -OCH3 is 2. The van der Waals surface area contributed by atoms with Crippen LogP contribution in [0.1, 0.15) is 5.56 Å². The van der Waals surface area contributed by atoms with Gasteiger partial charge in [0.05, 0.1) is 0 Å². The Morgan fingerprint density at radius 3 is 2.29 bits per heavy atom. The maximum Gasteiger partial charge on any atom is 0.102 e. The van der Waals surface area contributed by atoms with Gasteiger partial charge in [-0.15, -0.1) is 0 Å². The minimum absolute atomic E-state index is 0.126. The smallest absolute Gasteiger partial charge is 0.102 e. The number of nitrogen functional groups attached to an aromatic ring is 1. The van der Waals surface area contributed by atoms with E-state index in [0.717, 1.165) is 18.8 Å². The second-order valence-electron chi connectivity index (χ2n) is 4.50. The molecule has 2 rings (SSSR count). The lowest BCUT2D eigenvalue weighted by molar-refractivity contribution is -0.00461. The Morgan fingerprint density at radius 2 is 1.76 bits per heavy atom. The van der Waals surface area contributed by atoms with E-state index in [-0.39, 0.29) is 12.2 Å². The van der Waals surface area contributed by atoms with E-state index in [4.69, 9.17) is 15.2 Å². The third-order valence-electron chi connectivity index (χ3n) is 3.39. The first-order chi connectivity index (χ1) is 8.15. The summed E-state index contributed by atoms with van der Waals surface area (Å²) in [4.78, 5) is 2.27. The van der Waals surface area contributed by atoms with Crippen LogP contribution in [0.15, 0.2) is 18.2 Å². The SMILES string of the molecule is COC1CN(c2cc(N)ccc2C)CC1OC. The van der Waals surface area contributed by atoms with E-state index < -0.39 is 0 Å². The van der Waals surface area contributed by atoms with Gasteiger partial charge in [0, 0.05) is 38.7 Å². The van der Waals surface area contributed by atoms with E-state index >= 15 is 0 Å². The minimum Gasteiger partial charge on any atom is -0.399 e. The summed E-state index contributed by atoms with van der Waals surface area (Å²) in [5.41, 5.74) is 9.03.